The maximum absolute atomic E-state index is 12.7. The predicted octanol–water partition coefficient (Wildman–Crippen LogP) is 3.11. The molecule has 0 aromatic carbocycles. The summed E-state index contributed by atoms with van der Waals surface area (Å²) in [5, 5.41) is 3.14. The number of nitrogens with one attached hydrogen (secondary N) is 1. The van der Waals surface area contributed by atoms with E-state index >= 15 is 0 Å². The summed E-state index contributed by atoms with van der Waals surface area (Å²) in [6.45, 7) is 0.608. The first-order chi connectivity index (χ1) is 9.23. The number of amides is 1. The van der Waals surface area contributed by atoms with E-state index in [9.17, 15) is 4.79 Å². The lowest BCUT2D eigenvalue weighted by atomic mass is 9.49. The van der Waals surface area contributed by atoms with Crippen molar-refractivity contribution in [3.63, 3.8) is 0 Å². The first-order valence-electron chi connectivity index (χ1n) is 7.53. The number of carbonyl (C=O) groups is 1. The molecule has 4 bridgehead atoms. The number of furan rings is 1. The van der Waals surface area contributed by atoms with Crippen molar-refractivity contribution < 1.29 is 9.21 Å². The second-order valence-electron chi connectivity index (χ2n) is 7.01. The van der Waals surface area contributed by atoms with Gasteiger partial charge in [-0.2, -0.15) is 0 Å². The summed E-state index contributed by atoms with van der Waals surface area (Å²) < 4.78 is 5.04. The first kappa shape index (κ1) is 11.6. The topological polar surface area (TPSA) is 42.2 Å². The number of carbonyl (C=O) groups excluding carboxylic acids is 1. The van der Waals surface area contributed by atoms with Gasteiger partial charge in [0.25, 0.3) is 0 Å². The fourth-order valence-corrected chi connectivity index (χ4v) is 5.15. The Morgan fingerprint density at radius 1 is 1.21 bits per heavy atom. The Bertz CT molecular complexity index is 442. The zero-order valence-electron chi connectivity index (χ0n) is 11.2. The quantitative estimate of drug-likeness (QED) is 0.906. The lowest BCUT2D eigenvalue weighted by molar-refractivity contribution is -0.146. The molecule has 19 heavy (non-hydrogen) atoms. The van der Waals surface area contributed by atoms with Crippen molar-refractivity contribution in [2.75, 3.05) is 0 Å². The molecule has 4 aliphatic rings. The summed E-state index contributed by atoms with van der Waals surface area (Å²) >= 11 is 0. The normalized spacial score (nSPS) is 39.5. The Kier molecular flexibility index (Phi) is 2.51. The Morgan fingerprint density at radius 2 is 1.84 bits per heavy atom. The van der Waals surface area contributed by atoms with Gasteiger partial charge in [-0.25, -0.2) is 0 Å². The largest absolute Gasteiger partial charge is 0.472 e. The van der Waals surface area contributed by atoms with Gasteiger partial charge in [0.2, 0.25) is 5.91 Å². The Morgan fingerprint density at radius 3 is 2.37 bits per heavy atom. The number of hydrogen-bond donors (Lipinski definition) is 1. The van der Waals surface area contributed by atoms with Gasteiger partial charge in [0.05, 0.1) is 12.5 Å². The molecule has 0 spiro atoms. The molecule has 1 heterocycles. The van der Waals surface area contributed by atoms with Crippen LogP contribution in [0, 0.1) is 23.2 Å². The van der Waals surface area contributed by atoms with Crippen LogP contribution in [0.5, 0.6) is 0 Å². The van der Waals surface area contributed by atoms with Gasteiger partial charge in [-0.05, 0) is 62.3 Å². The zero-order valence-corrected chi connectivity index (χ0v) is 11.2. The summed E-state index contributed by atoms with van der Waals surface area (Å²) in [6.07, 6.45) is 10.9. The molecule has 0 radical (unpaired) electrons. The van der Waals surface area contributed by atoms with E-state index in [0.29, 0.717) is 12.5 Å². The van der Waals surface area contributed by atoms with Crippen LogP contribution >= 0.6 is 0 Å². The second-order valence-corrected chi connectivity index (χ2v) is 7.01. The van der Waals surface area contributed by atoms with Crippen molar-refractivity contribution in [3.05, 3.63) is 24.2 Å². The van der Waals surface area contributed by atoms with Crippen LogP contribution in [0.4, 0.5) is 0 Å². The smallest absolute Gasteiger partial charge is 0.226 e. The van der Waals surface area contributed by atoms with Crippen molar-refractivity contribution in [2.45, 2.75) is 45.1 Å². The molecule has 1 N–H and O–H groups in total. The third-order valence-electron chi connectivity index (χ3n) is 5.55. The molecule has 1 aromatic heterocycles. The lowest BCUT2D eigenvalue weighted by Crippen LogP contribution is -2.53. The van der Waals surface area contributed by atoms with Gasteiger partial charge in [-0.1, -0.05) is 0 Å². The maximum Gasteiger partial charge on any atom is 0.226 e. The van der Waals surface area contributed by atoms with Crippen LogP contribution in [-0.2, 0) is 11.3 Å². The van der Waals surface area contributed by atoms with E-state index in [-0.39, 0.29) is 5.41 Å². The van der Waals surface area contributed by atoms with Crippen LogP contribution < -0.4 is 5.32 Å². The third kappa shape index (κ3) is 1.90. The number of rotatable bonds is 3. The van der Waals surface area contributed by atoms with E-state index in [1.807, 2.05) is 6.07 Å². The first-order valence-corrected chi connectivity index (χ1v) is 7.53. The third-order valence-corrected chi connectivity index (χ3v) is 5.55. The Balaban J connectivity index is 1.47. The van der Waals surface area contributed by atoms with Crippen LogP contribution in [0.3, 0.4) is 0 Å². The van der Waals surface area contributed by atoms with Gasteiger partial charge in [0, 0.05) is 17.5 Å². The molecular formula is C16H21NO2. The summed E-state index contributed by atoms with van der Waals surface area (Å²) in [6, 6.07) is 1.92. The number of hydrogen-bond acceptors (Lipinski definition) is 2. The van der Waals surface area contributed by atoms with Crippen molar-refractivity contribution >= 4 is 5.91 Å². The molecule has 3 heteroatoms. The second kappa shape index (κ2) is 4.12. The fraction of sp³-hybridized carbons (Fsp3) is 0.688. The van der Waals surface area contributed by atoms with Gasteiger partial charge >= 0.3 is 0 Å². The van der Waals surface area contributed by atoms with Crippen LogP contribution in [-0.4, -0.2) is 5.91 Å². The SMILES string of the molecule is O=C(NCc1ccoc1)C12CC3CC(CC(C3)C1)C2. The van der Waals surface area contributed by atoms with Gasteiger partial charge in [0.1, 0.15) is 0 Å². The van der Waals surface area contributed by atoms with Crippen molar-refractivity contribution in [1.29, 1.82) is 0 Å². The van der Waals surface area contributed by atoms with Crippen molar-refractivity contribution in [1.82, 2.24) is 5.32 Å². The molecule has 4 saturated carbocycles. The lowest BCUT2D eigenvalue weighted by Gasteiger charge is -2.55. The van der Waals surface area contributed by atoms with Gasteiger partial charge < -0.3 is 9.73 Å². The molecule has 0 unspecified atom stereocenters. The van der Waals surface area contributed by atoms with E-state index < -0.39 is 0 Å². The summed E-state index contributed by atoms with van der Waals surface area (Å²) in [5.74, 6) is 2.77. The molecule has 0 atom stereocenters. The highest BCUT2D eigenvalue weighted by molar-refractivity contribution is 5.83. The molecule has 0 aliphatic heterocycles. The Labute approximate surface area is 113 Å². The molecule has 3 nitrogen and oxygen atoms in total. The van der Waals surface area contributed by atoms with E-state index in [1.165, 1.54) is 19.3 Å². The molecular weight excluding hydrogens is 238 g/mol. The molecule has 102 valence electrons. The Hall–Kier alpha value is -1.25. The van der Waals surface area contributed by atoms with Crippen LogP contribution in [0.25, 0.3) is 0 Å². The highest BCUT2D eigenvalue weighted by Gasteiger charge is 2.54. The summed E-state index contributed by atoms with van der Waals surface area (Å²) in [4.78, 5) is 12.7. The van der Waals surface area contributed by atoms with Crippen LogP contribution in [0.2, 0.25) is 0 Å². The van der Waals surface area contributed by atoms with E-state index in [1.54, 1.807) is 12.5 Å². The predicted molar refractivity (Wildman–Crippen MR) is 71.2 cm³/mol. The average molecular weight is 259 g/mol. The van der Waals surface area contributed by atoms with Gasteiger partial charge in [-0.3, -0.25) is 4.79 Å². The van der Waals surface area contributed by atoms with Gasteiger partial charge in [-0.15, -0.1) is 0 Å². The van der Waals surface area contributed by atoms with Crippen molar-refractivity contribution in [3.8, 4) is 0 Å². The minimum absolute atomic E-state index is 0.0293. The van der Waals surface area contributed by atoms with E-state index in [4.69, 9.17) is 4.42 Å². The highest BCUT2D eigenvalue weighted by Crippen LogP contribution is 2.60. The standard InChI is InChI=1S/C16H21NO2/c18-15(17-9-11-1-2-19-10-11)16-6-12-3-13(7-16)5-14(4-12)8-16/h1-2,10,12-14H,3-9H2,(H,17,18). The minimum atomic E-state index is -0.0293. The van der Waals surface area contributed by atoms with Crippen molar-refractivity contribution in [2.24, 2.45) is 23.2 Å². The maximum atomic E-state index is 12.7. The molecule has 4 fully saturated rings. The molecule has 1 aromatic rings. The van der Waals surface area contributed by atoms with E-state index in [2.05, 4.69) is 5.32 Å². The summed E-state index contributed by atoms with van der Waals surface area (Å²) in [7, 11) is 0. The van der Waals surface area contributed by atoms with Crippen LogP contribution in [0.1, 0.15) is 44.1 Å². The molecule has 4 aliphatic carbocycles. The summed E-state index contributed by atoms with van der Waals surface area (Å²) in [5.41, 5.74) is 1.02. The molecule has 0 saturated heterocycles. The minimum Gasteiger partial charge on any atom is -0.472 e. The average Bonchev–Trinajstić information content (AvgIpc) is 2.87. The fourth-order valence-electron chi connectivity index (χ4n) is 5.15. The highest BCUT2D eigenvalue weighted by atomic mass is 16.3. The van der Waals surface area contributed by atoms with Crippen LogP contribution in [0.15, 0.2) is 23.0 Å². The van der Waals surface area contributed by atoms with Gasteiger partial charge in [0.15, 0.2) is 0 Å². The molecule has 5 rings (SSSR count). The monoisotopic (exact) mass is 259 g/mol. The zero-order chi connectivity index (χ0) is 12.9. The van der Waals surface area contributed by atoms with E-state index in [0.717, 1.165) is 42.6 Å². The molecule has 1 amide bonds.